The Morgan fingerprint density at radius 1 is 1.50 bits per heavy atom. The second kappa shape index (κ2) is 2.70. The molecule has 3 nitrogen and oxygen atoms in total. The predicted octanol–water partition coefficient (Wildman–Crippen LogP) is 0.908. The average molecular weight is 144 g/mol. The van der Waals surface area contributed by atoms with E-state index in [0.29, 0.717) is 0 Å². The molecule has 1 aliphatic rings. The first-order valence-corrected chi connectivity index (χ1v) is 3.15. The molecule has 2 unspecified atom stereocenters. The largest absolute Gasteiger partial charge is 0.352 e. The Balaban J connectivity index is 2.51. The van der Waals surface area contributed by atoms with Crippen molar-refractivity contribution in [3.05, 3.63) is 12.2 Å². The lowest BCUT2D eigenvalue weighted by Gasteiger charge is -2.21. The molecule has 10 heavy (non-hydrogen) atoms. The summed E-state index contributed by atoms with van der Waals surface area (Å²) in [5, 5.41) is 0. The summed E-state index contributed by atoms with van der Waals surface area (Å²) in [5.41, 5.74) is 0. The van der Waals surface area contributed by atoms with E-state index < -0.39 is 5.79 Å². The van der Waals surface area contributed by atoms with Crippen molar-refractivity contribution in [1.82, 2.24) is 0 Å². The van der Waals surface area contributed by atoms with Crippen molar-refractivity contribution in [1.29, 1.82) is 0 Å². The molecular weight excluding hydrogens is 132 g/mol. The van der Waals surface area contributed by atoms with Crippen LogP contribution in [0.5, 0.6) is 0 Å². The standard InChI is InChI=1S/C7H12O3/c1-7(9-3)5-4-6(8-2)10-7/h4-6H,1-3H3. The summed E-state index contributed by atoms with van der Waals surface area (Å²) in [5.74, 6) is -0.597. The summed E-state index contributed by atoms with van der Waals surface area (Å²) < 4.78 is 15.3. The van der Waals surface area contributed by atoms with E-state index in [-0.39, 0.29) is 6.29 Å². The van der Waals surface area contributed by atoms with Gasteiger partial charge in [0.1, 0.15) is 0 Å². The molecule has 0 fully saturated rings. The van der Waals surface area contributed by atoms with E-state index in [4.69, 9.17) is 14.2 Å². The summed E-state index contributed by atoms with van der Waals surface area (Å²) in [7, 11) is 3.19. The Bertz CT molecular complexity index is 144. The van der Waals surface area contributed by atoms with Crippen molar-refractivity contribution in [3.63, 3.8) is 0 Å². The molecule has 1 rings (SSSR count). The van der Waals surface area contributed by atoms with Gasteiger partial charge in [0.2, 0.25) is 0 Å². The highest BCUT2D eigenvalue weighted by molar-refractivity contribution is 5.02. The van der Waals surface area contributed by atoms with Gasteiger partial charge in [0.25, 0.3) is 0 Å². The first-order valence-electron chi connectivity index (χ1n) is 3.15. The monoisotopic (exact) mass is 144 g/mol. The molecule has 0 aromatic heterocycles. The predicted molar refractivity (Wildman–Crippen MR) is 36.4 cm³/mol. The molecule has 0 amide bonds. The van der Waals surface area contributed by atoms with Gasteiger partial charge in [-0.2, -0.15) is 0 Å². The number of ether oxygens (including phenoxy) is 3. The average Bonchev–Trinajstić information content (AvgIpc) is 2.33. The van der Waals surface area contributed by atoms with Crippen LogP contribution in [-0.4, -0.2) is 26.3 Å². The van der Waals surface area contributed by atoms with E-state index >= 15 is 0 Å². The van der Waals surface area contributed by atoms with Crippen molar-refractivity contribution in [2.75, 3.05) is 14.2 Å². The molecule has 3 heteroatoms. The van der Waals surface area contributed by atoms with Gasteiger partial charge in [-0.15, -0.1) is 0 Å². The van der Waals surface area contributed by atoms with Crippen molar-refractivity contribution < 1.29 is 14.2 Å². The van der Waals surface area contributed by atoms with Crippen LogP contribution in [-0.2, 0) is 14.2 Å². The van der Waals surface area contributed by atoms with Crippen LogP contribution in [0.2, 0.25) is 0 Å². The van der Waals surface area contributed by atoms with Crippen LogP contribution >= 0.6 is 0 Å². The van der Waals surface area contributed by atoms with Gasteiger partial charge in [-0.3, -0.25) is 0 Å². The molecule has 1 heterocycles. The molecule has 0 aromatic carbocycles. The van der Waals surface area contributed by atoms with Crippen LogP contribution in [0.4, 0.5) is 0 Å². The van der Waals surface area contributed by atoms with Gasteiger partial charge in [-0.05, 0) is 19.1 Å². The maximum Gasteiger partial charge on any atom is 0.188 e. The summed E-state index contributed by atoms with van der Waals surface area (Å²) in [4.78, 5) is 0. The maximum absolute atomic E-state index is 5.29. The first-order chi connectivity index (χ1) is 4.70. The lowest BCUT2D eigenvalue weighted by atomic mass is 10.3. The molecule has 0 spiro atoms. The topological polar surface area (TPSA) is 27.7 Å². The Hall–Kier alpha value is -0.380. The normalized spacial score (nSPS) is 38.9. The number of hydrogen-bond acceptors (Lipinski definition) is 3. The van der Waals surface area contributed by atoms with Crippen LogP contribution in [0.15, 0.2) is 12.2 Å². The van der Waals surface area contributed by atoms with Gasteiger partial charge < -0.3 is 14.2 Å². The fourth-order valence-electron chi connectivity index (χ4n) is 0.805. The van der Waals surface area contributed by atoms with Crippen LogP contribution < -0.4 is 0 Å². The van der Waals surface area contributed by atoms with E-state index in [1.807, 2.05) is 19.1 Å². The molecule has 0 saturated carbocycles. The van der Waals surface area contributed by atoms with Gasteiger partial charge in [0.15, 0.2) is 12.1 Å². The van der Waals surface area contributed by atoms with Crippen LogP contribution in [0.3, 0.4) is 0 Å². The summed E-state index contributed by atoms with van der Waals surface area (Å²) in [6.07, 6.45) is 3.40. The van der Waals surface area contributed by atoms with Crippen molar-refractivity contribution >= 4 is 0 Å². The minimum absolute atomic E-state index is 0.259. The highest BCUT2D eigenvalue weighted by atomic mass is 16.8. The molecule has 0 aromatic rings. The van der Waals surface area contributed by atoms with Crippen molar-refractivity contribution in [3.8, 4) is 0 Å². The van der Waals surface area contributed by atoms with Gasteiger partial charge in [-0.1, -0.05) is 0 Å². The third kappa shape index (κ3) is 1.37. The zero-order valence-electron chi connectivity index (χ0n) is 6.46. The van der Waals surface area contributed by atoms with E-state index in [9.17, 15) is 0 Å². The van der Waals surface area contributed by atoms with Crippen molar-refractivity contribution in [2.45, 2.75) is 19.0 Å². The first kappa shape index (κ1) is 7.72. The van der Waals surface area contributed by atoms with Gasteiger partial charge >= 0.3 is 0 Å². The van der Waals surface area contributed by atoms with Gasteiger partial charge in [0.05, 0.1) is 0 Å². The van der Waals surface area contributed by atoms with Gasteiger partial charge in [-0.25, -0.2) is 0 Å². The minimum Gasteiger partial charge on any atom is -0.352 e. The summed E-state index contributed by atoms with van der Waals surface area (Å²) >= 11 is 0. The Kier molecular flexibility index (Phi) is 2.08. The zero-order valence-corrected chi connectivity index (χ0v) is 6.46. The number of rotatable bonds is 2. The smallest absolute Gasteiger partial charge is 0.188 e. The van der Waals surface area contributed by atoms with E-state index in [1.54, 1.807) is 14.2 Å². The quantitative estimate of drug-likeness (QED) is 0.539. The summed E-state index contributed by atoms with van der Waals surface area (Å²) in [6.45, 7) is 1.84. The van der Waals surface area contributed by atoms with E-state index in [1.165, 1.54) is 0 Å². The highest BCUT2D eigenvalue weighted by Crippen LogP contribution is 2.23. The number of methoxy groups -OCH3 is 2. The minimum atomic E-state index is -0.597. The SMILES string of the molecule is COC1C=CC(C)(OC)O1. The van der Waals surface area contributed by atoms with Crippen molar-refractivity contribution in [2.24, 2.45) is 0 Å². The second-order valence-corrected chi connectivity index (χ2v) is 2.30. The third-order valence-corrected chi connectivity index (χ3v) is 1.54. The Labute approximate surface area is 60.6 Å². The van der Waals surface area contributed by atoms with Gasteiger partial charge in [0, 0.05) is 14.2 Å². The lowest BCUT2D eigenvalue weighted by Crippen LogP contribution is -2.28. The second-order valence-electron chi connectivity index (χ2n) is 2.30. The Morgan fingerprint density at radius 3 is 2.50 bits per heavy atom. The van der Waals surface area contributed by atoms with Crippen LogP contribution in [0.1, 0.15) is 6.92 Å². The Morgan fingerprint density at radius 2 is 2.20 bits per heavy atom. The molecule has 2 atom stereocenters. The molecule has 0 saturated heterocycles. The third-order valence-electron chi connectivity index (χ3n) is 1.54. The van der Waals surface area contributed by atoms with Crippen LogP contribution in [0.25, 0.3) is 0 Å². The van der Waals surface area contributed by atoms with Crippen LogP contribution in [0, 0.1) is 0 Å². The zero-order chi connectivity index (χ0) is 7.61. The maximum atomic E-state index is 5.29. The molecule has 0 N–H and O–H groups in total. The highest BCUT2D eigenvalue weighted by Gasteiger charge is 2.30. The van der Waals surface area contributed by atoms with E-state index in [0.717, 1.165) is 0 Å². The lowest BCUT2D eigenvalue weighted by molar-refractivity contribution is -0.232. The molecular formula is C7H12O3. The number of hydrogen-bond donors (Lipinski definition) is 0. The summed E-state index contributed by atoms with van der Waals surface area (Å²) in [6, 6.07) is 0. The molecule has 58 valence electrons. The van der Waals surface area contributed by atoms with E-state index in [2.05, 4.69) is 0 Å². The fourth-order valence-corrected chi connectivity index (χ4v) is 0.805. The molecule has 0 aliphatic carbocycles. The fraction of sp³-hybridized carbons (Fsp3) is 0.714. The molecule has 1 aliphatic heterocycles. The molecule has 0 bridgehead atoms. The molecule has 0 radical (unpaired) electrons.